The van der Waals surface area contributed by atoms with Crippen LogP contribution in [0.3, 0.4) is 0 Å². The summed E-state index contributed by atoms with van der Waals surface area (Å²) in [5, 5.41) is 0. The number of hydrogen-bond acceptors (Lipinski definition) is 0. The maximum Gasteiger partial charge on any atom is 0.417 e. The number of rotatable bonds is 4. The average molecular weight is 1170 g/mol. The fraction of sp³-hybridized carbons (Fsp3) is 0.221. The molecule has 0 saturated carbocycles. The average Bonchev–Trinajstić information content (AvgIpc) is 1.56. The van der Waals surface area contributed by atoms with Gasteiger partial charge in [0.2, 0.25) is 0 Å². The Hall–Kier alpha value is -8.43. The third kappa shape index (κ3) is 21.3. The summed E-state index contributed by atoms with van der Waals surface area (Å²) in [6, 6.07) is 67.4. The summed E-state index contributed by atoms with van der Waals surface area (Å²) in [6.45, 7) is 26.6. The highest BCUT2D eigenvalue weighted by atomic mass is 19.4. The van der Waals surface area contributed by atoms with Crippen molar-refractivity contribution in [1.29, 1.82) is 0 Å². The molecule has 10 aromatic rings. The number of alkyl halides is 9. The minimum absolute atomic E-state index is 0.246. The van der Waals surface area contributed by atoms with Gasteiger partial charge in [-0.1, -0.05) is 244 Å². The van der Waals surface area contributed by atoms with Crippen molar-refractivity contribution >= 4 is 0 Å². The lowest BCUT2D eigenvalue weighted by Gasteiger charge is -2.16. The number of aryl methyl sites for hydroxylation is 14. The fourth-order valence-corrected chi connectivity index (χ4v) is 9.09. The summed E-state index contributed by atoms with van der Waals surface area (Å²) in [4.78, 5) is 0. The maximum absolute atomic E-state index is 13.1. The smallest absolute Gasteiger partial charge is 0.166 e. The first-order valence-electron chi connectivity index (χ1n) is 28.2. The molecule has 0 N–H and O–H groups in total. The van der Waals surface area contributed by atoms with Crippen LogP contribution in [0.25, 0.3) is 44.5 Å². The molecule has 0 atom stereocenters. The Morgan fingerprint density at radius 1 is 0.186 bits per heavy atom. The summed E-state index contributed by atoms with van der Waals surface area (Å²) in [5.41, 5.74) is 19.6. The topological polar surface area (TPSA) is 0 Å². The quantitative estimate of drug-likeness (QED) is 0.154. The van der Waals surface area contributed by atoms with Crippen molar-refractivity contribution in [2.24, 2.45) is 0 Å². The Bertz CT molecular complexity index is 3680. The van der Waals surface area contributed by atoms with Gasteiger partial charge in [0, 0.05) is 0 Å². The molecule has 0 unspecified atom stereocenters. The van der Waals surface area contributed by atoms with Crippen LogP contribution in [0.5, 0.6) is 0 Å². The van der Waals surface area contributed by atoms with Crippen LogP contribution in [0, 0.1) is 96.9 Å². The highest BCUT2D eigenvalue weighted by Crippen LogP contribution is 2.40. The summed E-state index contributed by atoms with van der Waals surface area (Å²) in [5.74, 6) is 0. The van der Waals surface area contributed by atoms with Gasteiger partial charge in [-0.15, -0.1) is 0 Å². The zero-order valence-electron chi connectivity index (χ0n) is 51.6. The van der Waals surface area contributed by atoms with Gasteiger partial charge in [-0.25, -0.2) is 0 Å². The van der Waals surface area contributed by atoms with Gasteiger partial charge in [-0.3, -0.25) is 0 Å². The van der Waals surface area contributed by atoms with E-state index >= 15 is 0 Å². The first-order valence-corrected chi connectivity index (χ1v) is 28.2. The number of benzene rings is 10. The van der Waals surface area contributed by atoms with E-state index in [-0.39, 0.29) is 16.7 Å². The van der Waals surface area contributed by atoms with Crippen LogP contribution in [-0.2, 0) is 18.5 Å². The van der Waals surface area contributed by atoms with Crippen molar-refractivity contribution in [3.05, 3.63) is 307 Å². The molecule has 0 fully saturated rings. The molecule has 0 radical (unpaired) electrons. The first-order chi connectivity index (χ1) is 40.3. The Labute approximate surface area is 504 Å². The van der Waals surface area contributed by atoms with Gasteiger partial charge in [-0.05, 0) is 187 Å². The van der Waals surface area contributed by atoms with Crippen LogP contribution in [0.2, 0.25) is 0 Å². The molecule has 0 saturated heterocycles. The van der Waals surface area contributed by atoms with Crippen molar-refractivity contribution in [2.45, 2.75) is 115 Å². The molecule has 0 bridgehead atoms. The SMILES string of the molecule is Cc1ccc(-c2ccc(C)c(C(F)(F)F)c2)cc1C.Cc1ccc(-c2ccc(C)cc2)cc1.Cc1ccc(-c2ccc(C)cc2C(F)(F)F)c(C)c1.Cc1ccc(C)c(C(F)(F)F)c1.Cc1ccc(C)cc1.Cc1cccc(-c2cccc(C)c2)c1. The molecule has 448 valence electrons. The Balaban J connectivity index is 0.000000192. The molecule has 0 amide bonds. The lowest BCUT2D eigenvalue weighted by molar-refractivity contribution is -0.138. The minimum atomic E-state index is -4.33. The third-order valence-corrected chi connectivity index (χ3v) is 14.3. The molecule has 0 aliphatic carbocycles. The minimum Gasteiger partial charge on any atom is -0.166 e. The van der Waals surface area contributed by atoms with E-state index in [0.717, 1.165) is 33.9 Å². The van der Waals surface area contributed by atoms with Gasteiger partial charge in [0.1, 0.15) is 0 Å². The van der Waals surface area contributed by atoms with E-state index in [2.05, 4.69) is 163 Å². The summed E-state index contributed by atoms with van der Waals surface area (Å²) in [6.07, 6.45) is -12.9. The van der Waals surface area contributed by atoms with Crippen molar-refractivity contribution in [1.82, 2.24) is 0 Å². The largest absolute Gasteiger partial charge is 0.417 e. The highest BCUT2D eigenvalue weighted by Gasteiger charge is 2.35. The van der Waals surface area contributed by atoms with Gasteiger partial charge < -0.3 is 0 Å². The van der Waals surface area contributed by atoms with Gasteiger partial charge in [0.05, 0.1) is 16.7 Å². The zero-order valence-corrected chi connectivity index (χ0v) is 51.6. The van der Waals surface area contributed by atoms with Crippen molar-refractivity contribution in [3.63, 3.8) is 0 Å². The first kappa shape index (κ1) is 68.4. The van der Waals surface area contributed by atoms with Crippen molar-refractivity contribution < 1.29 is 39.5 Å². The van der Waals surface area contributed by atoms with Crippen LogP contribution < -0.4 is 0 Å². The van der Waals surface area contributed by atoms with E-state index in [4.69, 9.17) is 0 Å². The Morgan fingerprint density at radius 3 is 0.860 bits per heavy atom. The molecule has 10 rings (SSSR count). The monoisotopic (exact) mass is 1170 g/mol. The van der Waals surface area contributed by atoms with Gasteiger partial charge >= 0.3 is 18.5 Å². The van der Waals surface area contributed by atoms with Gasteiger partial charge in [0.25, 0.3) is 0 Å². The standard InChI is InChI=1S/2C16H15F3.2C14H14.C9H9F3.C8H10/c1-10-4-6-13(8-12(10)3)14-7-5-11(2)15(9-14)16(17,18)19;1-10-4-6-13(12(3)8-10)14-7-5-11(2)9-15(14)16(17,18)19;1-11-3-7-13(8-4-11)14-9-5-12(2)6-10-14;1-11-5-3-7-13(9-11)14-8-4-6-12(2)10-14;1-6-3-4-7(2)8(5-6)9(10,11)12;1-7-3-5-8(2)6-4-7/h2*4-9H,1-3H3;2*3-10H,1-2H3;3-5H,1-2H3;3-6H,1-2H3. The molecular weight excluding hydrogens is 1100 g/mol. The fourth-order valence-electron chi connectivity index (χ4n) is 9.09. The molecular formula is C77H77F9. The summed E-state index contributed by atoms with van der Waals surface area (Å²) in [7, 11) is 0. The number of hydrogen-bond donors (Lipinski definition) is 0. The summed E-state index contributed by atoms with van der Waals surface area (Å²) < 4.78 is 115. The normalized spacial score (nSPS) is 11.0. The van der Waals surface area contributed by atoms with Crippen LogP contribution >= 0.6 is 0 Å². The molecule has 10 aromatic carbocycles. The molecule has 0 aliphatic rings. The molecule has 0 nitrogen and oxygen atoms in total. The number of halogens is 9. The van der Waals surface area contributed by atoms with Crippen LogP contribution in [0.4, 0.5) is 39.5 Å². The van der Waals surface area contributed by atoms with E-state index in [1.54, 1.807) is 44.2 Å². The molecule has 0 spiro atoms. The Morgan fingerprint density at radius 2 is 0.477 bits per heavy atom. The lowest BCUT2D eigenvalue weighted by atomic mass is 9.93. The molecule has 0 heterocycles. The predicted octanol–water partition coefficient (Wildman–Crippen LogP) is 24.2. The van der Waals surface area contributed by atoms with E-state index in [1.807, 2.05) is 58.0 Å². The molecule has 0 aliphatic heterocycles. The second-order valence-electron chi connectivity index (χ2n) is 22.1. The van der Waals surface area contributed by atoms with Crippen molar-refractivity contribution in [2.75, 3.05) is 0 Å². The van der Waals surface area contributed by atoms with E-state index in [9.17, 15) is 39.5 Å². The second-order valence-corrected chi connectivity index (χ2v) is 22.1. The van der Waals surface area contributed by atoms with Crippen LogP contribution in [-0.4, -0.2) is 0 Å². The van der Waals surface area contributed by atoms with Crippen LogP contribution in [0.15, 0.2) is 212 Å². The van der Waals surface area contributed by atoms with Gasteiger partial charge in [-0.2, -0.15) is 39.5 Å². The highest BCUT2D eigenvalue weighted by molar-refractivity contribution is 5.72. The molecule has 0 aromatic heterocycles. The summed E-state index contributed by atoms with van der Waals surface area (Å²) >= 11 is 0. The van der Waals surface area contributed by atoms with Crippen molar-refractivity contribution in [3.8, 4) is 44.5 Å². The van der Waals surface area contributed by atoms with Gasteiger partial charge in [0.15, 0.2) is 0 Å². The predicted molar refractivity (Wildman–Crippen MR) is 342 cm³/mol. The zero-order chi connectivity index (χ0) is 63.7. The third-order valence-electron chi connectivity index (χ3n) is 14.3. The van der Waals surface area contributed by atoms with Crippen LogP contribution in [0.1, 0.15) is 94.6 Å². The second kappa shape index (κ2) is 30.6. The van der Waals surface area contributed by atoms with E-state index < -0.39 is 35.2 Å². The maximum atomic E-state index is 13.1. The molecule has 86 heavy (non-hydrogen) atoms. The lowest BCUT2D eigenvalue weighted by Crippen LogP contribution is -2.08. The molecule has 9 heteroatoms. The van der Waals surface area contributed by atoms with E-state index in [0.29, 0.717) is 22.3 Å². The Kier molecular flexibility index (Phi) is 24.3. The van der Waals surface area contributed by atoms with E-state index in [1.165, 1.54) is 93.7 Å².